The van der Waals surface area contributed by atoms with Gasteiger partial charge in [-0.2, -0.15) is 0 Å². The van der Waals surface area contributed by atoms with E-state index in [9.17, 15) is 19.3 Å². The van der Waals surface area contributed by atoms with Crippen LogP contribution in [0.2, 0.25) is 0 Å². The molecule has 0 heterocycles. The van der Waals surface area contributed by atoms with E-state index in [1.54, 1.807) is 7.05 Å². The highest BCUT2D eigenvalue weighted by Gasteiger charge is 2.29. The van der Waals surface area contributed by atoms with Gasteiger partial charge in [-0.25, -0.2) is 4.39 Å². The largest absolute Gasteiger partial charge is 0.396 e. The molecule has 1 aromatic carbocycles. The van der Waals surface area contributed by atoms with Crippen LogP contribution in [-0.2, 0) is 0 Å². The number of nitrogens with zero attached hydrogens (tertiary/aromatic N) is 2. The predicted octanol–water partition coefficient (Wildman–Crippen LogP) is 1.80. The molecule has 1 fully saturated rings. The van der Waals surface area contributed by atoms with E-state index >= 15 is 0 Å². The van der Waals surface area contributed by atoms with Crippen molar-refractivity contribution in [2.45, 2.75) is 12.8 Å². The molecule has 102 valence electrons. The number of nitro groups is 1. The highest BCUT2D eigenvalue weighted by molar-refractivity contribution is 5.99. The monoisotopic (exact) mass is 267 g/mol. The summed E-state index contributed by atoms with van der Waals surface area (Å²) in [6.07, 6.45) is 2.12. The highest BCUT2D eigenvalue weighted by Crippen LogP contribution is 2.31. The first kappa shape index (κ1) is 13.3. The van der Waals surface area contributed by atoms with Crippen LogP contribution >= 0.6 is 0 Å². The average Bonchev–Trinajstić information content (AvgIpc) is 3.14. The molecule has 0 saturated heterocycles. The van der Waals surface area contributed by atoms with Crippen molar-refractivity contribution in [3.8, 4) is 0 Å². The maximum absolute atomic E-state index is 13.2. The molecule has 1 saturated carbocycles. The third kappa shape index (κ3) is 2.81. The lowest BCUT2D eigenvalue weighted by Gasteiger charge is -2.17. The molecule has 0 bridgehead atoms. The summed E-state index contributed by atoms with van der Waals surface area (Å²) >= 11 is 0. The summed E-state index contributed by atoms with van der Waals surface area (Å²) in [6.45, 7) is 0.549. The van der Waals surface area contributed by atoms with Gasteiger partial charge >= 0.3 is 0 Å². The van der Waals surface area contributed by atoms with E-state index in [1.807, 2.05) is 0 Å². The van der Waals surface area contributed by atoms with E-state index in [4.69, 9.17) is 5.73 Å². The Hall–Kier alpha value is -2.18. The predicted molar refractivity (Wildman–Crippen MR) is 67.2 cm³/mol. The number of rotatable bonds is 4. The minimum atomic E-state index is -0.895. The Morgan fingerprint density at radius 1 is 1.58 bits per heavy atom. The lowest BCUT2D eigenvalue weighted by Crippen LogP contribution is -2.29. The second kappa shape index (κ2) is 4.83. The third-order valence-electron chi connectivity index (χ3n) is 3.12. The van der Waals surface area contributed by atoms with Gasteiger partial charge in [-0.15, -0.1) is 0 Å². The molecular formula is C12H14FN3O3. The van der Waals surface area contributed by atoms with Crippen molar-refractivity contribution in [1.29, 1.82) is 0 Å². The van der Waals surface area contributed by atoms with Gasteiger partial charge in [-0.05, 0) is 24.8 Å². The molecule has 2 N–H and O–H groups in total. The Labute approximate surface area is 109 Å². The number of carbonyl (C=O) groups is 1. The van der Waals surface area contributed by atoms with Crippen LogP contribution in [0.25, 0.3) is 0 Å². The van der Waals surface area contributed by atoms with E-state index in [2.05, 4.69) is 0 Å². The zero-order valence-electron chi connectivity index (χ0n) is 10.4. The maximum Gasteiger partial charge on any atom is 0.285 e. The number of nitrogen functional groups attached to an aromatic ring is 1. The molecule has 0 spiro atoms. The number of hydrogen-bond donors (Lipinski definition) is 1. The Kier molecular flexibility index (Phi) is 3.37. The molecule has 2 rings (SSSR count). The molecule has 1 amide bonds. The van der Waals surface area contributed by atoms with Crippen LogP contribution in [0.5, 0.6) is 0 Å². The number of hydrogen-bond acceptors (Lipinski definition) is 4. The van der Waals surface area contributed by atoms with Crippen molar-refractivity contribution in [2.24, 2.45) is 5.92 Å². The quantitative estimate of drug-likeness (QED) is 0.511. The van der Waals surface area contributed by atoms with E-state index in [1.165, 1.54) is 4.90 Å². The summed E-state index contributed by atoms with van der Waals surface area (Å²) in [5.74, 6) is -0.941. The minimum Gasteiger partial charge on any atom is -0.396 e. The van der Waals surface area contributed by atoms with Crippen LogP contribution in [0.4, 0.5) is 15.8 Å². The summed E-state index contributed by atoms with van der Waals surface area (Å²) < 4.78 is 13.2. The second-order valence-electron chi connectivity index (χ2n) is 4.78. The van der Waals surface area contributed by atoms with Gasteiger partial charge in [0, 0.05) is 13.6 Å². The average molecular weight is 267 g/mol. The van der Waals surface area contributed by atoms with Gasteiger partial charge in [0.15, 0.2) is 5.82 Å². The Bertz CT molecular complexity index is 543. The fourth-order valence-electron chi connectivity index (χ4n) is 1.88. The summed E-state index contributed by atoms with van der Waals surface area (Å²) in [5, 5.41) is 10.9. The maximum atomic E-state index is 13.2. The van der Waals surface area contributed by atoms with Gasteiger partial charge in [0.1, 0.15) is 5.56 Å². The van der Waals surface area contributed by atoms with Crippen LogP contribution in [-0.4, -0.2) is 29.3 Å². The number of amides is 1. The summed E-state index contributed by atoms with van der Waals surface area (Å²) in [6, 6.07) is 1.72. The standard InChI is InChI=1S/C12H14FN3O3/c1-15(6-7-2-3-7)12(17)8-4-10(14)9(13)5-11(8)16(18)19/h4-5,7H,2-3,6,14H2,1H3. The second-order valence-corrected chi connectivity index (χ2v) is 4.78. The minimum absolute atomic E-state index is 0.174. The zero-order valence-corrected chi connectivity index (χ0v) is 10.4. The van der Waals surface area contributed by atoms with Crippen LogP contribution < -0.4 is 5.73 Å². The van der Waals surface area contributed by atoms with Crippen LogP contribution in [0, 0.1) is 21.8 Å². The van der Waals surface area contributed by atoms with Crippen molar-refractivity contribution in [2.75, 3.05) is 19.3 Å². The van der Waals surface area contributed by atoms with E-state index in [0.717, 1.165) is 18.9 Å². The lowest BCUT2D eigenvalue weighted by atomic mass is 10.1. The van der Waals surface area contributed by atoms with Crippen molar-refractivity contribution < 1.29 is 14.1 Å². The van der Waals surface area contributed by atoms with Gasteiger partial charge in [0.05, 0.1) is 16.7 Å². The fourth-order valence-corrected chi connectivity index (χ4v) is 1.88. The lowest BCUT2D eigenvalue weighted by molar-refractivity contribution is -0.385. The Balaban J connectivity index is 2.33. The van der Waals surface area contributed by atoms with E-state index in [0.29, 0.717) is 18.5 Å². The molecule has 0 radical (unpaired) electrons. The number of nitrogens with two attached hydrogens (primary N) is 1. The van der Waals surface area contributed by atoms with Crippen molar-refractivity contribution in [1.82, 2.24) is 4.90 Å². The van der Waals surface area contributed by atoms with Gasteiger partial charge in [-0.1, -0.05) is 0 Å². The van der Waals surface area contributed by atoms with E-state index < -0.39 is 22.3 Å². The molecule has 0 aliphatic heterocycles. The van der Waals surface area contributed by atoms with Crippen molar-refractivity contribution >= 4 is 17.3 Å². The molecular weight excluding hydrogens is 253 g/mol. The number of halogens is 1. The van der Waals surface area contributed by atoms with Crippen molar-refractivity contribution in [3.05, 3.63) is 33.6 Å². The fraction of sp³-hybridized carbons (Fsp3) is 0.417. The number of nitro benzene ring substituents is 1. The van der Waals surface area contributed by atoms with Crippen molar-refractivity contribution in [3.63, 3.8) is 0 Å². The molecule has 1 aliphatic rings. The van der Waals surface area contributed by atoms with Gasteiger partial charge in [0.2, 0.25) is 0 Å². The number of carbonyl (C=O) groups excluding carboxylic acids is 1. The van der Waals surface area contributed by atoms with Gasteiger partial charge in [-0.3, -0.25) is 14.9 Å². The number of anilines is 1. The van der Waals surface area contributed by atoms with Crippen LogP contribution in [0.3, 0.4) is 0 Å². The molecule has 1 aliphatic carbocycles. The summed E-state index contributed by atoms with van der Waals surface area (Å²) in [4.78, 5) is 23.7. The molecule has 7 heteroatoms. The molecule has 19 heavy (non-hydrogen) atoms. The van der Waals surface area contributed by atoms with Gasteiger partial charge in [0.25, 0.3) is 11.6 Å². The summed E-state index contributed by atoms with van der Waals surface area (Å²) in [5.41, 5.74) is 4.37. The van der Waals surface area contributed by atoms with Gasteiger partial charge < -0.3 is 10.6 Å². The molecule has 0 unspecified atom stereocenters. The van der Waals surface area contributed by atoms with Crippen LogP contribution in [0.1, 0.15) is 23.2 Å². The SMILES string of the molecule is CN(CC1CC1)C(=O)c1cc(N)c(F)cc1[N+](=O)[O-]. The zero-order chi connectivity index (χ0) is 14.2. The first-order chi connectivity index (χ1) is 8.90. The molecule has 0 aromatic heterocycles. The molecule has 6 nitrogen and oxygen atoms in total. The smallest absolute Gasteiger partial charge is 0.285 e. The molecule has 0 atom stereocenters. The topological polar surface area (TPSA) is 89.5 Å². The number of benzene rings is 1. The van der Waals surface area contributed by atoms with E-state index in [-0.39, 0.29) is 11.3 Å². The first-order valence-corrected chi connectivity index (χ1v) is 5.89. The third-order valence-corrected chi connectivity index (χ3v) is 3.12. The van der Waals surface area contributed by atoms with Crippen LogP contribution in [0.15, 0.2) is 12.1 Å². The highest BCUT2D eigenvalue weighted by atomic mass is 19.1. The Morgan fingerprint density at radius 3 is 2.74 bits per heavy atom. The first-order valence-electron chi connectivity index (χ1n) is 5.89. The summed E-state index contributed by atoms with van der Waals surface area (Å²) in [7, 11) is 1.57. The Morgan fingerprint density at radius 2 is 2.21 bits per heavy atom. The molecule has 1 aromatic rings. The normalized spacial score (nSPS) is 14.2.